The first kappa shape index (κ1) is 20.2. The van der Waals surface area contributed by atoms with E-state index in [4.69, 9.17) is 9.40 Å². The average Bonchev–Trinajstić information content (AvgIpc) is 3.27. The number of fused-ring (bicyclic) bond motifs is 4. The van der Waals surface area contributed by atoms with Crippen molar-refractivity contribution in [2.75, 3.05) is 0 Å². The molecule has 33 heavy (non-hydrogen) atoms. The van der Waals surface area contributed by atoms with Gasteiger partial charge in [0.1, 0.15) is 0 Å². The summed E-state index contributed by atoms with van der Waals surface area (Å²) < 4.78 is 40.0. The standard InChI is InChI=1S/C26H17NO4S2/c28-33(29,30)18-12-9-17(10-13-18)21-15-23(26-27-22-7-3-4-8-24(22)32-26)31-25-19-6-2-1-5-16(19)11-14-20(21)25/h1-10,12-13,15H,11,14H2/p+1. The molecular weight excluding hydrogens is 454 g/mol. The lowest BCUT2D eigenvalue weighted by Crippen LogP contribution is -2.06. The third kappa shape index (κ3) is 3.54. The van der Waals surface area contributed by atoms with Gasteiger partial charge >= 0.3 is 11.5 Å². The van der Waals surface area contributed by atoms with Gasteiger partial charge in [-0.15, -0.1) is 11.3 Å². The molecule has 0 saturated carbocycles. The summed E-state index contributed by atoms with van der Waals surface area (Å²) in [5.41, 5.74) is 6.14. The van der Waals surface area contributed by atoms with Gasteiger partial charge in [-0.25, -0.2) is 9.40 Å². The van der Waals surface area contributed by atoms with Crippen LogP contribution in [-0.4, -0.2) is 18.0 Å². The van der Waals surface area contributed by atoms with E-state index in [1.54, 1.807) is 23.5 Å². The van der Waals surface area contributed by atoms with Gasteiger partial charge in [0.15, 0.2) is 0 Å². The maximum Gasteiger partial charge on any atom is 0.389 e. The molecule has 1 aliphatic rings. The lowest BCUT2D eigenvalue weighted by molar-refractivity contribution is 0.483. The van der Waals surface area contributed by atoms with Crippen LogP contribution in [0.3, 0.4) is 0 Å². The highest BCUT2D eigenvalue weighted by Crippen LogP contribution is 2.43. The molecule has 6 rings (SSSR count). The molecule has 0 fully saturated rings. The fourth-order valence-corrected chi connectivity index (χ4v) is 5.77. The second-order valence-corrected chi connectivity index (χ2v) is 10.4. The van der Waals surface area contributed by atoms with Crippen molar-refractivity contribution in [3.63, 3.8) is 0 Å². The van der Waals surface area contributed by atoms with Crippen LogP contribution >= 0.6 is 11.3 Å². The van der Waals surface area contributed by atoms with E-state index in [1.807, 2.05) is 42.5 Å². The highest BCUT2D eigenvalue weighted by Gasteiger charge is 2.33. The van der Waals surface area contributed by atoms with E-state index in [0.29, 0.717) is 5.76 Å². The molecule has 0 radical (unpaired) electrons. The van der Waals surface area contributed by atoms with Crippen LogP contribution in [0.25, 0.3) is 43.4 Å². The van der Waals surface area contributed by atoms with Gasteiger partial charge in [0.25, 0.3) is 10.1 Å². The minimum absolute atomic E-state index is 0.127. The van der Waals surface area contributed by atoms with Crippen LogP contribution < -0.4 is 0 Å². The van der Waals surface area contributed by atoms with Crippen LogP contribution in [0, 0.1) is 0 Å². The van der Waals surface area contributed by atoms with Gasteiger partial charge in [-0.05, 0) is 54.3 Å². The molecule has 1 N–H and O–H groups in total. The highest BCUT2D eigenvalue weighted by atomic mass is 32.2. The van der Waals surface area contributed by atoms with Crippen LogP contribution in [0.15, 0.2) is 88.2 Å². The molecule has 0 bridgehead atoms. The van der Waals surface area contributed by atoms with Gasteiger partial charge in [-0.2, -0.15) is 8.42 Å². The Hall–Kier alpha value is -3.39. The third-order valence-electron chi connectivity index (χ3n) is 5.96. The van der Waals surface area contributed by atoms with Gasteiger partial charge < -0.3 is 0 Å². The Balaban J connectivity index is 1.59. The van der Waals surface area contributed by atoms with Gasteiger partial charge in [-0.1, -0.05) is 42.5 Å². The molecule has 1 aliphatic carbocycles. The molecule has 7 heteroatoms. The van der Waals surface area contributed by atoms with Crippen molar-refractivity contribution in [3.8, 4) is 33.2 Å². The fourth-order valence-electron chi connectivity index (χ4n) is 4.37. The molecule has 5 nitrogen and oxygen atoms in total. The Bertz CT molecular complexity index is 1600. The number of hydrogen-bond acceptors (Lipinski definition) is 4. The highest BCUT2D eigenvalue weighted by molar-refractivity contribution is 7.85. The predicted octanol–water partition coefficient (Wildman–Crippen LogP) is 6.52. The Labute approximate surface area is 194 Å². The van der Waals surface area contributed by atoms with Crippen molar-refractivity contribution >= 4 is 31.7 Å². The summed E-state index contributed by atoms with van der Waals surface area (Å²) >= 11 is 1.57. The molecular formula is C26H18NO4S2+. The number of rotatable bonds is 3. The number of thiazole rings is 1. The predicted molar refractivity (Wildman–Crippen MR) is 130 cm³/mol. The minimum Gasteiger partial charge on any atom is -0.282 e. The van der Waals surface area contributed by atoms with Crippen molar-refractivity contribution in [1.29, 1.82) is 0 Å². The Kier molecular flexibility index (Phi) is 4.65. The number of nitrogens with zero attached hydrogens (tertiary/aromatic N) is 1. The molecule has 0 aliphatic heterocycles. The summed E-state index contributed by atoms with van der Waals surface area (Å²) in [6.07, 6.45) is 1.71. The third-order valence-corrected chi connectivity index (χ3v) is 7.88. The lowest BCUT2D eigenvalue weighted by Gasteiger charge is -2.16. The summed E-state index contributed by atoms with van der Waals surface area (Å²) in [6, 6.07) is 24.5. The molecule has 162 valence electrons. The van der Waals surface area contributed by atoms with E-state index in [9.17, 15) is 13.0 Å². The van der Waals surface area contributed by atoms with E-state index in [1.165, 1.54) is 17.7 Å². The zero-order valence-corrected chi connectivity index (χ0v) is 19.0. The number of aryl methyl sites for hydroxylation is 1. The molecule has 0 unspecified atom stereocenters. The van der Waals surface area contributed by atoms with Crippen LogP contribution in [-0.2, 0) is 23.0 Å². The van der Waals surface area contributed by atoms with Gasteiger partial charge in [0.05, 0.1) is 32.3 Å². The number of para-hydroxylation sites is 1. The number of aromatic nitrogens is 1. The topological polar surface area (TPSA) is 78.6 Å². The second kappa shape index (κ2) is 7.59. The smallest absolute Gasteiger partial charge is 0.282 e. The number of hydrogen-bond donors (Lipinski definition) is 1. The van der Waals surface area contributed by atoms with Crippen molar-refractivity contribution in [3.05, 3.63) is 90.0 Å². The molecule has 5 aromatic rings. The fraction of sp³-hybridized carbons (Fsp3) is 0.0769. The largest absolute Gasteiger partial charge is 0.389 e. The van der Waals surface area contributed by atoms with Crippen molar-refractivity contribution < 1.29 is 17.4 Å². The summed E-state index contributed by atoms with van der Waals surface area (Å²) in [5, 5.41) is 0.790. The second-order valence-electron chi connectivity index (χ2n) is 7.98. The van der Waals surface area contributed by atoms with E-state index < -0.39 is 10.1 Å². The summed E-state index contributed by atoms with van der Waals surface area (Å²) in [7, 11) is -4.25. The summed E-state index contributed by atoms with van der Waals surface area (Å²) in [6.45, 7) is 0. The van der Waals surface area contributed by atoms with Crippen molar-refractivity contribution in [1.82, 2.24) is 4.98 Å². The first-order valence-corrected chi connectivity index (χ1v) is 12.8. The minimum atomic E-state index is -4.25. The van der Waals surface area contributed by atoms with Crippen molar-refractivity contribution in [2.45, 2.75) is 17.7 Å². The molecule has 0 atom stereocenters. The van der Waals surface area contributed by atoms with Crippen LogP contribution in [0.2, 0.25) is 0 Å². The normalized spacial score (nSPS) is 13.0. The average molecular weight is 473 g/mol. The monoisotopic (exact) mass is 472 g/mol. The van der Waals surface area contributed by atoms with E-state index in [-0.39, 0.29) is 4.90 Å². The Morgan fingerprint density at radius 2 is 1.64 bits per heavy atom. The molecule has 0 saturated heterocycles. The maximum atomic E-state index is 11.5. The Morgan fingerprint density at radius 3 is 2.42 bits per heavy atom. The zero-order chi connectivity index (χ0) is 22.6. The SMILES string of the molecule is O=S(=O)(O)c1ccc(-c2cc(-c3nc4ccccc4s3)[o+]c3c2CCc2ccccc2-3)cc1. The lowest BCUT2D eigenvalue weighted by atomic mass is 9.85. The van der Waals surface area contributed by atoms with Crippen LogP contribution in [0.5, 0.6) is 0 Å². The van der Waals surface area contributed by atoms with Gasteiger partial charge in [0.2, 0.25) is 5.01 Å². The van der Waals surface area contributed by atoms with Crippen LogP contribution in [0.1, 0.15) is 11.1 Å². The number of benzene rings is 3. The quantitative estimate of drug-likeness (QED) is 0.239. The zero-order valence-electron chi connectivity index (χ0n) is 17.4. The first-order chi connectivity index (χ1) is 16.0. The van der Waals surface area contributed by atoms with Crippen LogP contribution in [0.4, 0.5) is 0 Å². The maximum absolute atomic E-state index is 11.5. The van der Waals surface area contributed by atoms with E-state index >= 15 is 0 Å². The first-order valence-electron chi connectivity index (χ1n) is 10.5. The van der Waals surface area contributed by atoms with Gasteiger partial charge in [-0.3, -0.25) is 4.55 Å². The molecule has 2 heterocycles. The van der Waals surface area contributed by atoms with E-state index in [0.717, 1.165) is 56.1 Å². The molecule has 3 aromatic carbocycles. The molecule has 2 aromatic heterocycles. The summed E-state index contributed by atoms with van der Waals surface area (Å²) in [5.74, 6) is 1.49. The van der Waals surface area contributed by atoms with Crippen molar-refractivity contribution in [2.24, 2.45) is 0 Å². The molecule has 0 amide bonds. The van der Waals surface area contributed by atoms with E-state index in [2.05, 4.69) is 12.1 Å². The molecule has 0 spiro atoms. The summed E-state index contributed by atoms with van der Waals surface area (Å²) in [4.78, 5) is 4.65. The van der Waals surface area contributed by atoms with Gasteiger partial charge in [0, 0.05) is 5.56 Å². The Morgan fingerprint density at radius 1 is 0.879 bits per heavy atom.